The SMILES string of the molecule is CCCCC[C@@H](c1cc(OC)ccc1OC)N1CCNCC1. The number of hydrogen-bond donors (Lipinski definition) is 1. The van der Waals surface area contributed by atoms with Gasteiger partial charge in [0.2, 0.25) is 0 Å². The van der Waals surface area contributed by atoms with E-state index in [4.69, 9.17) is 9.47 Å². The highest BCUT2D eigenvalue weighted by atomic mass is 16.5. The average Bonchev–Trinajstić information content (AvgIpc) is 2.59. The quantitative estimate of drug-likeness (QED) is 0.748. The van der Waals surface area contributed by atoms with Crippen molar-refractivity contribution < 1.29 is 9.47 Å². The smallest absolute Gasteiger partial charge is 0.123 e. The van der Waals surface area contributed by atoms with Crippen LogP contribution < -0.4 is 14.8 Å². The van der Waals surface area contributed by atoms with E-state index in [0.717, 1.165) is 37.7 Å². The minimum Gasteiger partial charge on any atom is -0.497 e. The van der Waals surface area contributed by atoms with Gasteiger partial charge in [0.1, 0.15) is 11.5 Å². The molecule has 1 atom stereocenters. The normalized spacial score (nSPS) is 17.2. The maximum atomic E-state index is 5.63. The van der Waals surface area contributed by atoms with Crippen molar-refractivity contribution in [3.8, 4) is 11.5 Å². The zero-order chi connectivity index (χ0) is 15.8. The standard InChI is InChI=1S/C18H30N2O2/c1-4-5-6-7-17(20-12-10-19-11-13-20)16-14-15(21-2)8-9-18(16)22-3/h8-9,14,17,19H,4-7,10-13H2,1-3H3/t17-/m0/s1. The third-order valence-electron chi connectivity index (χ3n) is 4.47. The van der Waals surface area contributed by atoms with Gasteiger partial charge in [-0.15, -0.1) is 0 Å². The first kappa shape index (κ1) is 17.1. The molecule has 0 radical (unpaired) electrons. The van der Waals surface area contributed by atoms with Crippen LogP contribution in [0.15, 0.2) is 18.2 Å². The molecule has 1 aliphatic heterocycles. The Hall–Kier alpha value is -1.26. The molecule has 0 aromatic heterocycles. The van der Waals surface area contributed by atoms with E-state index < -0.39 is 0 Å². The number of nitrogens with one attached hydrogen (secondary N) is 1. The number of unbranched alkanes of at least 4 members (excludes halogenated alkanes) is 2. The van der Waals surface area contributed by atoms with Crippen LogP contribution in [0.2, 0.25) is 0 Å². The van der Waals surface area contributed by atoms with Gasteiger partial charge in [-0.05, 0) is 24.6 Å². The lowest BCUT2D eigenvalue weighted by atomic mass is 9.97. The van der Waals surface area contributed by atoms with Crippen LogP contribution >= 0.6 is 0 Å². The summed E-state index contributed by atoms with van der Waals surface area (Å²) < 4.78 is 11.1. The van der Waals surface area contributed by atoms with Gasteiger partial charge in [0.25, 0.3) is 0 Å². The minimum atomic E-state index is 0.415. The van der Waals surface area contributed by atoms with Crippen molar-refractivity contribution in [2.45, 2.75) is 38.6 Å². The van der Waals surface area contributed by atoms with Crippen LogP contribution in [-0.2, 0) is 0 Å². The van der Waals surface area contributed by atoms with E-state index >= 15 is 0 Å². The lowest BCUT2D eigenvalue weighted by molar-refractivity contribution is 0.159. The van der Waals surface area contributed by atoms with Crippen molar-refractivity contribution in [2.75, 3.05) is 40.4 Å². The van der Waals surface area contributed by atoms with Crippen LogP contribution in [0, 0.1) is 0 Å². The van der Waals surface area contributed by atoms with E-state index in [-0.39, 0.29) is 0 Å². The molecule has 4 heteroatoms. The van der Waals surface area contributed by atoms with E-state index in [1.807, 2.05) is 12.1 Å². The number of hydrogen-bond acceptors (Lipinski definition) is 4. The van der Waals surface area contributed by atoms with Gasteiger partial charge in [-0.25, -0.2) is 0 Å². The van der Waals surface area contributed by atoms with E-state index in [1.165, 1.54) is 31.2 Å². The molecule has 0 saturated carbocycles. The molecule has 1 fully saturated rings. The van der Waals surface area contributed by atoms with Crippen LogP contribution in [0.25, 0.3) is 0 Å². The Morgan fingerprint density at radius 2 is 1.91 bits per heavy atom. The number of benzene rings is 1. The maximum Gasteiger partial charge on any atom is 0.123 e. The predicted octanol–water partition coefficient (Wildman–Crippen LogP) is 3.23. The van der Waals surface area contributed by atoms with Gasteiger partial charge in [0.15, 0.2) is 0 Å². The third kappa shape index (κ3) is 4.37. The van der Waals surface area contributed by atoms with Gasteiger partial charge in [-0.2, -0.15) is 0 Å². The molecule has 1 aromatic carbocycles. The Balaban J connectivity index is 2.25. The van der Waals surface area contributed by atoms with Crippen LogP contribution in [0.3, 0.4) is 0 Å². The minimum absolute atomic E-state index is 0.415. The van der Waals surface area contributed by atoms with E-state index in [0.29, 0.717) is 6.04 Å². The molecule has 2 rings (SSSR count). The molecular weight excluding hydrogens is 276 g/mol. The number of ether oxygens (including phenoxy) is 2. The molecule has 22 heavy (non-hydrogen) atoms. The summed E-state index contributed by atoms with van der Waals surface area (Å²) in [6, 6.07) is 6.57. The first-order valence-corrected chi connectivity index (χ1v) is 8.46. The molecule has 1 N–H and O–H groups in total. The Bertz CT molecular complexity index is 445. The molecule has 1 aromatic rings. The molecule has 1 saturated heterocycles. The number of rotatable bonds is 8. The molecule has 0 bridgehead atoms. The highest BCUT2D eigenvalue weighted by Gasteiger charge is 2.25. The highest BCUT2D eigenvalue weighted by molar-refractivity contribution is 5.42. The average molecular weight is 306 g/mol. The molecule has 0 unspecified atom stereocenters. The summed E-state index contributed by atoms with van der Waals surface area (Å²) >= 11 is 0. The van der Waals surface area contributed by atoms with E-state index in [1.54, 1.807) is 14.2 Å². The first-order chi connectivity index (χ1) is 10.8. The van der Waals surface area contributed by atoms with Gasteiger partial charge in [0.05, 0.1) is 14.2 Å². The lowest BCUT2D eigenvalue weighted by Gasteiger charge is -2.36. The number of methoxy groups -OCH3 is 2. The van der Waals surface area contributed by atoms with Crippen molar-refractivity contribution in [3.63, 3.8) is 0 Å². The topological polar surface area (TPSA) is 33.7 Å². The van der Waals surface area contributed by atoms with Crippen molar-refractivity contribution in [3.05, 3.63) is 23.8 Å². The summed E-state index contributed by atoms with van der Waals surface area (Å²) in [6.07, 6.45) is 4.97. The molecule has 1 aliphatic rings. The highest BCUT2D eigenvalue weighted by Crippen LogP contribution is 2.36. The van der Waals surface area contributed by atoms with Gasteiger partial charge in [-0.3, -0.25) is 4.90 Å². The van der Waals surface area contributed by atoms with Gasteiger partial charge in [0, 0.05) is 37.8 Å². The molecular formula is C18H30N2O2. The Kier molecular flexibility index (Phi) is 7.00. The third-order valence-corrected chi connectivity index (χ3v) is 4.47. The molecule has 0 aliphatic carbocycles. The fourth-order valence-electron chi connectivity index (χ4n) is 3.22. The lowest BCUT2D eigenvalue weighted by Crippen LogP contribution is -2.45. The Labute approximate surface area is 134 Å². The Morgan fingerprint density at radius 3 is 2.55 bits per heavy atom. The number of piperazine rings is 1. The Morgan fingerprint density at radius 1 is 1.14 bits per heavy atom. The summed E-state index contributed by atoms with van der Waals surface area (Å²) in [5, 5.41) is 3.44. The zero-order valence-corrected chi connectivity index (χ0v) is 14.2. The summed E-state index contributed by atoms with van der Waals surface area (Å²) in [6.45, 7) is 6.58. The van der Waals surface area contributed by atoms with Crippen LogP contribution in [0.5, 0.6) is 11.5 Å². The van der Waals surface area contributed by atoms with Gasteiger partial charge >= 0.3 is 0 Å². The second kappa shape index (κ2) is 9.01. The van der Waals surface area contributed by atoms with E-state index in [2.05, 4.69) is 23.2 Å². The second-order valence-corrected chi connectivity index (χ2v) is 5.91. The zero-order valence-electron chi connectivity index (χ0n) is 14.2. The van der Waals surface area contributed by atoms with Crippen LogP contribution in [-0.4, -0.2) is 45.3 Å². The van der Waals surface area contributed by atoms with Crippen LogP contribution in [0.1, 0.15) is 44.2 Å². The van der Waals surface area contributed by atoms with Crippen molar-refractivity contribution in [1.82, 2.24) is 10.2 Å². The second-order valence-electron chi connectivity index (χ2n) is 5.91. The van der Waals surface area contributed by atoms with Gasteiger partial charge in [-0.1, -0.05) is 26.2 Å². The summed E-state index contributed by atoms with van der Waals surface area (Å²) in [5.41, 5.74) is 1.26. The van der Waals surface area contributed by atoms with Crippen LogP contribution in [0.4, 0.5) is 0 Å². The van der Waals surface area contributed by atoms with Crippen molar-refractivity contribution in [2.24, 2.45) is 0 Å². The largest absolute Gasteiger partial charge is 0.497 e. The molecule has 1 heterocycles. The monoisotopic (exact) mass is 306 g/mol. The summed E-state index contributed by atoms with van der Waals surface area (Å²) in [7, 11) is 3.48. The first-order valence-electron chi connectivity index (χ1n) is 8.46. The molecule has 0 spiro atoms. The van der Waals surface area contributed by atoms with Crippen molar-refractivity contribution in [1.29, 1.82) is 0 Å². The fraction of sp³-hybridized carbons (Fsp3) is 0.667. The molecule has 124 valence electrons. The number of nitrogens with zero attached hydrogens (tertiary/aromatic N) is 1. The fourth-order valence-corrected chi connectivity index (χ4v) is 3.22. The predicted molar refractivity (Wildman–Crippen MR) is 90.9 cm³/mol. The summed E-state index contributed by atoms with van der Waals surface area (Å²) in [5.74, 6) is 1.88. The molecule has 0 amide bonds. The van der Waals surface area contributed by atoms with Gasteiger partial charge < -0.3 is 14.8 Å². The summed E-state index contributed by atoms with van der Waals surface area (Å²) in [4.78, 5) is 2.59. The van der Waals surface area contributed by atoms with E-state index in [9.17, 15) is 0 Å². The molecule has 4 nitrogen and oxygen atoms in total. The maximum absolute atomic E-state index is 5.63. The van der Waals surface area contributed by atoms with Crippen molar-refractivity contribution >= 4 is 0 Å².